The number of halogens is 2. The molecule has 0 aliphatic rings. The van der Waals surface area contributed by atoms with E-state index in [0.29, 0.717) is 5.76 Å². The van der Waals surface area contributed by atoms with E-state index in [-0.39, 0.29) is 6.04 Å². The number of hydrogen-bond donors (Lipinski definition) is 1. The van der Waals surface area contributed by atoms with Crippen LogP contribution < -0.4 is 5.73 Å². The van der Waals surface area contributed by atoms with Crippen LogP contribution in [-0.2, 0) is 0 Å². The lowest BCUT2D eigenvalue weighted by Gasteiger charge is -2.10. The first-order chi connectivity index (χ1) is 7.20. The Labute approximate surface area is 104 Å². The molecule has 0 fully saturated rings. The molecule has 2 rings (SSSR count). The van der Waals surface area contributed by atoms with Crippen molar-refractivity contribution in [2.45, 2.75) is 6.04 Å². The lowest BCUT2D eigenvalue weighted by molar-refractivity contribution is 0.483. The molecular weight excluding hydrogens is 324 g/mol. The van der Waals surface area contributed by atoms with Crippen LogP contribution in [0.2, 0.25) is 0 Å². The Balaban J connectivity index is 2.41. The maximum absolute atomic E-state index is 6.05. The highest BCUT2D eigenvalue weighted by Gasteiger charge is 2.18. The maximum Gasteiger partial charge on any atom is 0.140 e. The van der Waals surface area contributed by atoms with Crippen LogP contribution in [-0.4, -0.2) is 4.98 Å². The van der Waals surface area contributed by atoms with Crippen LogP contribution in [0.3, 0.4) is 0 Å². The standard InChI is InChI=1S/C10H8Br2N2O/c11-6-2-1-4-14-9(6)8(13)10-7(12)3-5-15-10/h1-5,8H,13H2. The van der Waals surface area contributed by atoms with Gasteiger partial charge in [-0.3, -0.25) is 4.98 Å². The van der Waals surface area contributed by atoms with Gasteiger partial charge in [-0.1, -0.05) is 0 Å². The number of nitrogens with zero attached hydrogens (tertiary/aromatic N) is 1. The third kappa shape index (κ3) is 2.14. The first-order valence-electron chi connectivity index (χ1n) is 4.29. The van der Waals surface area contributed by atoms with E-state index in [1.807, 2.05) is 18.2 Å². The molecule has 1 atom stereocenters. The summed E-state index contributed by atoms with van der Waals surface area (Å²) in [5.41, 5.74) is 6.80. The minimum Gasteiger partial charge on any atom is -0.466 e. The molecule has 0 amide bonds. The van der Waals surface area contributed by atoms with Crippen molar-refractivity contribution in [1.82, 2.24) is 4.98 Å². The molecule has 15 heavy (non-hydrogen) atoms. The Kier molecular flexibility index (Phi) is 3.23. The van der Waals surface area contributed by atoms with Gasteiger partial charge in [0.2, 0.25) is 0 Å². The summed E-state index contributed by atoms with van der Waals surface area (Å²) in [5.74, 6) is 0.675. The van der Waals surface area contributed by atoms with Crippen molar-refractivity contribution in [2.24, 2.45) is 5.73 Å². The normalized spacial score (nSPS) is 12.7. The Morgan fingerprint density at radius 3 is 2.67 bits per heavy atom. The zero-order chi connectivity index (χ0) is 10.8. The van der Waals surface area contributed by atoms with Gasteiger partial charge in [0.25, 0.3) is 0 Å². The highest BCUT2D eigenvalue weighted by molar-refractivity contribution is 9.10. The van der Waals surface area contributed by atoms with E-state index in [2.05, 4.69) is 36.8 Å². The van der Waals surface area contributed by atoms with E-state index in [4.69, 9.17) is 10.2 Å². The molecule has 0 aliphatic heterocycles. The summed E-state index contributed by atoms with van der Waals surface area (Å²) in [6, 6.07) is 5.19. The zero-order valence-corrected chi connectivity index (χ0v) is 10.8. The molecule has 0 radical (unpaired) electrons. The summed E-state index contributed by atoms with van der Waals surface area (Å²) in [6.45, 7) is 0. The van der Waals surface area contributed by atoms with Crippen molar-refractivity contribution in [2.75, 3.05) is 0 Å². The first-order valence-corrected chi connectivity index (χ1v) is 5.87. The van der Waals surface area contributed by atoms with Gasteiger partial charge in [0.1, 0.15) is 11.8 Å². The second-order valence-electron chi connectivity index (χ2n) is 2.98. The summed E-state index contributed by atoms with van der Waals surface area (Å²) in [6.07, 6.45) is 3.30. The third-order valence-corrected chi connectivity index (χ3v) is 3.33. The molecule has 78 valence electrons. The minimum absolute atomic E-state index is 0.370. The van der Waals surface area contributed by atoms with Crippen LogP contribution in [0.5, 0.6) is 0 Å². The van der Waals surface area contributed by atoms with Crippen molar-refractivity contribution in [3.63, 3.8) is 0 Å². The number of rotatable bonds is 2. The average molecular weight is 332 g/mol. The molecule has 2 aromatic rings. The molecule has 0 aliphatic carbocycles. The zero-order valence-electron chi connectivity index (χ0n) is 7.65. The van der Waals surface area contributed by atoms with Crippen LogP contribution >= 0.6 is 31.9 Å². The molecule has 2 heterocycles. The fourth-order valence-electron chi connectivity index (χ4n) is 1.28. The van der Waals surface area contributed by atoms with Gasteiger partial charge in [-0.2, -0.15) is 0 Å². The Hall–Kier alpha value is -0.650. The van der Waals surface area contributed by atoms with E-state index in [1.165, 1.54) is 0 Å². The fourth-order valence-corrected chi connectivity index (χ4v) is 2.23. The fraction of sp³-hybridized carbons (Fsp3) is 0.100. The van der Waals surface area contributed by atoms with Crippen LogP contribution in [0, 0.1) is 0 Å². The molecule has 3 nitrogen and oxygen atoms in total. The predicted octanol–water partition coefficient (Wildman–Crippen LogP) is 3.25. The predicted molar refractivity (Wildman–Crippen MR) is 64.4 cm³/mol. The molecule has 1 unspecified atom stereocenters. The lowest BCUT2D eigenvalue weighted by Crippen LogP contribution is -2.13. The number of furan rings is 1. The maximum atomic E-state index is 6.05. The number of hydrogen-bond acceptors (Lipinski definition) is 3. The molecular formula is C10H8Br2N2O. The van der Waals surface area contributed by atoms with E-state index in [0.717, 1.165) is 14.6 Å². The summed E-state index contributed by atoms with van der Waals surface area (Å²) >= 11 is 6.78. The first kappa shape index (κ1) is 10.9. The quantitative estimate of drug-likeness (QED) is 0.919. The molecule has 0 spiro atoms. The molecule has 0 bridgehead atoms. The monoisotopic (exact) mass is 330 g/mol. The molecule has 2 aromatic heterocycles. The smallest absolute Gasteiger partial charge is 0.140 e. The van der Waals surface area contributed by atoms with Crippen LogP contribution in [0.25, 0.3) is 0 Å². The van der Waals surface area contributed by atoms with E-state index < -0.39 is 0 Å². The van der Waals surface area contributed by atoms with Crippen molar-refractivity contribution in [1.29, 1.82) is 0 Å². The minimum atomic E-state index is -0.370. The summed E-state index contributed by atoms with van der Waals surface area (Å²) in [4.78, 5) is 4.22. The van der Waals surface area contributed by atoms with E-state index in [1.54, 1.807) is 12.5 Å². The SMILES string of the molecule is NC(c1ncccc1Br)c1occc1Br. The molecule has 2 N–H and O–H groups in total. The Morgan fingerprint density at radius 1 is 1.27 bits per heavy atom. The Bertz CT molecular complexity index is 470. The average Bonchev–Trinajstić information content (AvgIpc) is 2.64. The van der Waals surface area contributed by atoms with Gasteiger partial charge in [0.05, 0.1) is 16.4 Å². The highest BCUT2D eigenvalue weighted by atomic mass is 79.9. The molecule has 5 heteroatoms. The van der Waals surface area contributed by atoms with Crippen LogP contribution in [0.15, 0.2) is 44.0 Å². The van der Waals surface area contributed by atoms with Crippen LogP contribution in [0.1, 0.15) is 17.5 Å². The third-order valence-electron chi connectivity index (χ3n) is 2.01. The summed E-state index contributed by atoms with van der Waals surface area (Å²) < 4.78 is 7.03. The van der Waals surface area contributed by atoms with E-state index in [9.17, 15) is 0 Å². The van der Waals surface area contributed by atoms with Gasteiger partial charge in [-0.05, 0) is 50.1 Å². The number of nitrogens with two attached hydrogens (primary N) is 1. The van der Waals surface area contributed by atoms with Crippen LogP contribution in [0.4, 0.5) is 0 Å². The largest absolute Gasteiger partial charge is 0.466 e. The van der Waals surface area contributed by atoms with Gasteiger partial charge in [0, 0.05) is 10.7 Å². The van der Waals surface area contributed by atoms with Gasteiger partial charge < -0.3 is 10.2 Å². The van der Waals surface area contributed by atoms with Gasteiger partial charge in [-0.25, -0.2) is 0 Å². The highest BCUT2D eigenvalue weighted by Crippen LogP contribution is 2.29. The second-order valence-corrected chi connectivity index (χ2v) is 4.69. The lowest BCUT2D eigenvalue weighted by atomic mass is 10.1. The van der Waals surface area contributed by atoms with Crippen molar-refractivity contribution in [3.05, 3.63) is 51.1 Å². The van der Waals surface area contributed by atoms with Gasteiger partial charge in [-0.15, -0.1) is 0 Å². The second kappa shape index (κ2) is 4.47. The van der Waals surface area contributed by atoms with Crippen molar-refractivity contribution < 1.29 is 4.42 Å². The van der Waals surface area contributed by atoms with E-state index >= 15 is 0 Å². The Morgan fingerprint density at radius 2 is 2.07 bits per heavy atom. The molecule has 0 saturated carbocycles. The molecule has 0 saturated heterocycles. The van der Waals surface area contributed by atoms with Crippen molar-refractivity contribution >= 4 is 31.9 Å². The van der Waals surface area contributed by atoms with Gasteiger partial charge >= 0.3 is 0 Å². The van der Waals surface area contributed by atoms with Gasteiger partial charge in [0.15, 0.2) is 0 Å². The number of aromatic nitrogens is 1. The summed E-state index contributed by atoms with van der Waals surface area (Å²) in [5, 5.41) is 0. The van der Waals surface area contributed by atoms with Crippen molar-refractivity contribution in [3.8, 4) is 0 Å². The number of pyridine rings is 1. The topological polar surface area (TPSA) is 52.0 Å². The molecule has 0 aromatic carbocycles. The summed E-state index contributed by atoms with van der Waals surface area (Å²) in [7, 11) is 0.